The van der Waals surface area contributed by atoms with E-state index in [9.17, 15) is 5.11 Å². The summed E-state index contributed by atoms with van der Waals surface area (Å²) >= 11 is 0. The predicted molar refractivity (Wildman–Crippen MR) is 98.5 cm³/mol. The highest BCUT2D eigenvalue weighted by Gasteiger charge is 2.21. The van der Waals surface area contributed by atoms with Crippen molar-refractivity contribution in [3.05, 3.63) is 60.2 Å². The standard InChI is InChI=1S/C12H14O2.C8H11NO/c1-3-4-9-5-10-8(2)7-14-12(10)6-11(9)13;1-9-7-5-3-4-6-8(7)10-2/h3,5-6,8,13H,1,4,7H2,2H3;3-6,9H,1-2H3. The molecule has 2 aromatic rings. The highest BCUT2D eigenvalue weighted by Crippen LogP contribution is 2.38. The predicted octanol–water partition coefficient (Wildman–Crippen LogP) is 4.35. The summed E-state index contributed by atoms with van der Waals surface area (Å²) in [6.45, 7) is 6.51. The number of benzene rings is 2. The van der Waals surface area contributed by atoms with Crippen molar-refractivity contribution in [3.8, 4) is 17.2 Å². The van der Waals surface area contributed by atoms with Crippen molar-refractivity contribution in [2.45, 2.75) is 19.3 Å². The summed E-state index contributed by atoms with van der Waals surface area (Å²) < 4.78 is 10.5. The molecular weight excluding hydrogens is 302 g/mol. The van der Waals surface area contributed by atoms with Crippen LogP contribution in [0.1, 0.15) is 24.0 Å². The van der Waals surface area contributed by atoms with Gasteiger partial charge in [-0.05, 0) is 30.2 Å². The van der Waals surface area contributed by atoms with Crippen LogP contribution in [0.4, 0.5) is 5.69 Å². The van der Waals surface area contributed by atoms with E-state index < -0.39 is 0 Å². The molecule has 1 aliphatic heterocycles. The van der Waals surface area contributed by atoms with E-state index >= 15 is 0 Å². The Kier molecular flexibility index (Phi) is 6.13. The first kappa shape index (κ1) is 17.7. The van der Waals surface area contributed by atoms with Gasteiger partial charge in [-0.1, -0.05) is 25.1 Å². The van der Waals surface area contributed by atoms with Crippen LogP contribution in [0.5, 0.6) is 17.2 Å². The summed E-state index contributed by atoms with van der Waals surface area (Å²) in [4.78, 5) is 0. The van der Waals surface area contributed by atoms with Crippen LogP contribution in [-0.2, 0) is 6.42 Å². The van der Waals surface area contributed by atoms with E-state index in [2.05, 4.69) is 18.8 Å². The van der Waals surface area contributed by atoms with Gasteiger partial charge in [0.1, 0.15) is 17.2 Å². The lowest BCUT2D eigenvalue weighted by Crippen LogP contribution is -1.93. The van der Waals surface area contributed by atoms with Gasteiger partial charge in [-0.3, -0.25) is 0 Å². The van der Waals surface area contributed by atoms with Crippen LogP contribution < -0.4 is 14.8 Å². The second-order valence-corrected chi connectivity index (χ2v) is 5.67. The van der Waals surface area contributed by atoms with Crippen molar-refractivity contribution in [3.63, 3.8) is 0 Å². The Labute approximate surface area is 143 Å². The van der Waals surface area contributed by atoms with Crippen molar-refractivity contribution in [2.75, 3.05) is 26.1 Å². The quantitative estimate of drug-likeness (QED) is 0.820. The number of anilines is 1. The molecule has 0 saturated heterocycles. The van der Waals surface area contributed by atoms with Crippen molar-refractivity contribution in [1.82, 2.24) is 0 Å². The molecule has 4 nitrogen and oxygen atoms in total. The summed E-state index contributed by atoms with van der Waals surface area (Å²) in [6, 6.07) is 11.5. The SMILES string of the molecule is C=CCc1cc2c(cc1O)OCC2C.CNc1ccccc1OC. The number of phenols is 1. The maximum atomic E-state index is 9.66. The zero-order valence-corrected chi connectivity index (χ0v) is 14.5. The van der Waals surface area contributed by atoms with Crippen molar-refractivity contribution in [2.24, 2.45) is 0 Å². The molecule has 128 valence electrons. The number of rotatable bonds is 4. The Hall–Kier alpha value is -2.62. The highest BCUT2D eigenvalue weighted by molar-refractivity contribution is 5.55. The van der Waals surface area contributed by atoms with Crippen molar-refractivity contribution >= 4 is 5.69 Å². The molecule has 0 aromatic heterocycles. The fraction of sp³-hybridized carbons (Fsp3) is 0.300. The van der Waals surface area contributed by atoms with Crippen LogP contribution in [-0.4, -0.2) is 25.9 Å². The number of ether oxygens (including phenoxy) is 2. The van der Waals surface area contributed by atoms with Gasteiger partial charge in [0, 0.05) is 24.6 Å². The maximum Gasteiger partial charge on any atom is 0.141 e. The van der Waals surface area contributed by atoms with Gasteiger partial charge in [0.2, 0.25) is 0 Å². The molecular formula is C20H25NO3. The van der Waals surface area contributed by atoms with Gasteiger partial charge in [-0.2, -0.15) is 0 Å². The Balaban J connectivity index is 0.000000185. The summed E-state index contributed by atoms with van der Waals surface area (Å²) in [5, 5.41) is 12.7. The number of phenolic OH excluding ortho intramolecular Hbond substituents is 1. The Morgan fingerprint density at radius 1 is 1.38 bits per heavy atom. The molecule has 24 heavy (non-hydrogen) atoms. The number of hydrogen-bond acceptors (Lipinski definition) is 4. The van der Waals surface area contributed by atoms with Gasteiger partial charge >= 0.3 is 0 Å². The number of nitrogens with one attached hydrogen (secondary N) is 1. The summed E-state index contributed by atoms with van der Waals surface area (Å²) in [7, 11) is 3.54. The highest BCUT2D eigenvalue weighted by atomic mass is 16.5. The van der Waals surface area contributed by atoms with Gasteiger partial charge in [0.05, 0.1) is 19.4 Å². The molecule has 1 atom stereocenters. The zero-order valence-electron chi connectivity index (χ0n) is 14.5. The van der Waals surface area contributed by atoms with E-state index in [0.717, 1.165) is 22.7 Å². The van der Waals surface area contributed by atoms with Crippen LogP contribution in [0.25, 0.3) is 0 Å². The Morgan fingerprint density at radius 2 is 2.12 bits per heavy atom. The monoisotopic (exact) mass is 327 g/mol. The molecule has 1 heterocycles. The molecule has 0 saturated carbocycles. The molecule has 3 rings (SSSR count). The van der Waals surface area contributed by atoms with Crippen LogP contribution in [0.15, 0.2) is 49.1 Å². The number of methoxy groups -OCH3 is 1. The topological polar surface area (TPSA) is 50.7 Å². The van der Waals surface area contributed by atoms with Gasteiger partial charge < -0.3 is 19.9 Å². The van der Waals surface area contributed by atoms with Gasteiger partial charge in [0.25, 0.3) is 0 Å². The molecule has 4 heteroatoms. The third-order valence-electron chi connectivity index (χ3n) is 3.97. The lowest BCUT2D eigenvalue weighted by atomic mass is 9.99. The fourth-order valence-electron chi connectivity index (χ4n) is 2.62. The largest absolute Gasteiger partial charge is 0.508 e. The molecule has 0 bridgehead atoms. The van der Waals surface area contributed by atoms with Crippen LogP contribution in [0.3, 0.4) is 0 Å². The summed E-state index contributed by atoms with van der Waals surface area (Å²) in [6.07, 6.45) is 2.49. The third kappa shape index (κ3) is 4.02. The minimum absolute atomic E-state index is 0.303. The second kappa shape index (κ2) is 8.29. The van der Waals surface area contributed by atoms with Crippen LogP contribution >= 0.6 is 0 Å². The molecule has 2 aromatic carbocycles. The lowest BCUT2D eigenvalue weighted by Gasteiger charge is -2.06. The van der Waals surface area contributed by atoms with E-state index in [1.165, 1.54) is 5.56 Å². The summed E-state index contributed by atoms with van der Waals surface area (Å²) in [5.41, 5.74) is 3.14. The van der Waals surface area contributed by atoms with E-state index in [4.69, 9.17) is 9.47 Å². The van der Waals surface area contributed by atoms with Crippen LogP contribution in [0, 0.1) is 0 Å². The van der Waals surface area contributed by atoms with E-state index in [1.54, 1.807) is 19.3 Å². The average Bonchev–Trinajstić information content (AvgIpc) is 2.96. The third-order valence-corrected chi connectivity index (χ3v) is 3.97. The Morgan fingerprint density at radius 3 is 2.75 bits per heavy atom. The number of allylic oxidation sites excluding steroid dienone is 1. The van der Waals surface area contributed by atoms with E-state index in [0.29, 0.717) is 24.7 Å². The first-order valence-corrected chi connectivity index (χ1v) is 8.01. The van der Waals surface area contributed by atoms with Gasteiger partial charge in [0.15, 0.2) is 0 Å². The summed E-state index contributed by atoms with van der Waals surface area (Å²) in [5.74, 6) is 2.43. The molecule has 0 amide bonds. The minimum atomic E-state index is 0.303. The maximum absolute atomic E-state index is 9.66. The Bertz CT molecular complexity index is 674. The fourth-order valence-corrected chi connectivity index (χ4v) is 2.62. The lowest BCUT2D eigenvalue weighted by molar-refractivity contribution is 0.335. The molecule has 0 fully saturated rings. The zero-order chi connectivity index (χ0) is 17.5. The van der Waals surface area contributed by atoms with E-state index in [-0.39, 0.29) is 0 Å². The number of fused-ring (bicyclic) bond motifs is 1. The van der Waals surface area contributed by atoms with Crippen molar-refractivity contribution in [1.29, 1.82) is 0 Å². The minimum Gasteiger partial charge on any atom is -0.508 e. The van der Waals surface area contributed by atoms with Crippen molar-refractivity contribution < 1.29 is 14.6 Å². The molecule has 0 aliphatic carbocycles. The van der Waals surface area contributed by atoms with Gasteiger partial charge in [-0.15, -0.1) is 6.58 Å². The number of para-hydroxylation sites is 2. The second-order valence-electron chi connectivity index (χ2n) is 5.67. The smallest absolute Gasteiger partial charge is 0.141 e. The van der Waals surface area contributed by atoms with E-state index in [1.807, 2.05) is 37.4 Å². The van der Waals surface area contributed by atoms with Gasteiger partial charge in [-0.25, -0.2) is 0 Å². The molecule has 1 unspecified atom stereocenters. The van der Waals surface area contributed by atoms with Crippen LogP contribution in [0.2, 0.25) is 0 Å². The first-order valence-electron chi connectivity index (χ1n) is 8.01. The first-order chi connectivity index (χ1) is 11.6. The molecule has 1 aliphatic rings. The number of aromatic hydroxyl groups is 1. The average molecular weight is 327 g/mol. The number of hydrogen-bond donors (Lipinski definition) is 2. The molecule has 0 spiro atoms. The molecule has 2 N–H and O–H groups in total. The molecule has 0 radical (unpaired) electrons. The normalized spacial score (nSPS) is 14.7.